The van der Waals surface area contributed by atoms with Crippen LogP contribution in [-0.2, 0) is 6.54 Å². The van der Waals surface area contributed by atoms with E-state index in [2.05, 4.69) is 44.5 Å². The van der Waals surface area contributed by atoms with Crippen LogP contribution in [0.15, 0.2) is 77.6 Å². The molecular formula is C26H31N5O3. The largest absolute Gasteiger partial charge is 0.492 e. The highest BCUT2D eigenvalue weighted by molar-refractivity contribution is 5.91. The molecule has 1 aromatic heterocycles. The third-order valence-electron chi connectivity index (χ3n) is 5.84. The Morgan fingerprint density at radius 3 is 2.32 bits per heavy atom. The van der Waals surface area contributed by atoms with Gasteiger partial charge in [0.05, 0.1) is 6.54 Å². The number of amides is 1. The molecule has 1 saturated heterocycles. The van der Waals surface area contributed by atoms with Gasteiger partial charge in [-0.15, -0.1) is 0 Å². The molecule has 8 heteroatoms. The standard InChI is InChI=1S/C26H31N5O3/c32-25-13-12-24(28-31(25)20-21-34-23-10-5-2-6-11-23)26(33)27-14-7-15-29-16-18-30(19-17-29)22-8-3-1-4-9-22/h1-6,8-13H,7,14-21H2,(H,27,33). The SMILES string of the molecule is O=C(NCCCN1CCN(c2ccccc2)CC1)c1ccc(=O)n(CCOc2ccccc2)n1. The molecule has 1 fully saturated rings. The summed E-state index contributed by atoms with van der Waals surface area (Å²) in [6, 6.07) is 22.7. The number of hydrogen-bond donors (Lipinski definition) is 1. The van der Waals surface area contributed by atoms with E-state index in [1.54, 1.807) is 0 Å². The first-order valence-electron chi connectivity index (χ1n) is 11.8. The van der Waals surface area contributed by atoms with Gasteiger partial charge in [0.25, 0.3) is 11.5 Å². The van der Waals surface area contributed by atoms with E-state index in [9.17, 15) is 9.59 Å². The fourth-order valence-corrected chi connectivity index (χ4v) is 3.96. The van der Waals surface area contributed by atoms with Crippen molar-refractivity contribution in [1.82, 2.24) is 20.0 Å². The summed E-state index contributed by atoms with van der Waals surface area (Å²) in [5.41, 5.74) is 1.24. The van der Waals surface area contributed by atoms with Crippen molar-refractivity contribution in [2.24, 2.45) is 0 Å². The lowest BCUT2D eigenvalue weighted by molar-refractivity contribution is 0.0943. The Bertz CT molecular complexity index is 1100. The number of anilines is 1. The summed E-state index contributed by atoms with van der Waals surface area (Å²) in [7, 11) is 0. The first-order valence-corrected chi connectivity index (χ1v) is 11.8. The summed E-state index contributed by atoms with van der Waals surface area (Å²) in [6.45, 7) is 6.11. The molecule has 1 N–H and O–H groups in total. The topological polar surface area (TPSA) is 79.7 Å². The zero-order chi connectivity index (χ0) is 23.6. The Kier molecular flexibility index (Phi) is 8.29. The van der Waals surface area contributed by atoms with Crippen molar-refractivity contribution in [2.75, 3.05) is 50.8 Å². The normalized spacial score (nSPS) is 14.1. The minimum atomic E-state index is -0.272. The number of benzene rings is 2. The molecule has 0 atom stereocenters. The predicted molar refractivity (Wildman–Crippen MR) is 132 cm³/mol. The molecule has 1 aliphatic rings. The second-order valence-electron chi connectivity index (χ2n) is 8.22. The molecule has 0 aliphatic carbocycles. The molecule has 0 spiro atoms. The fourth-order valence-electron chi connectivity index (χ4n) is 3.96. The van der Waals surface area contributed by atoms with Crippen LogP contribution in [0.4, 0.5) is 5.69 Å². The summed E-state index contributed by atoms with van der Waals surface area (Å²) >= 11 is 0. The van der Waals surface area contributed by atoms with Crippen molar-refractivity contribution >= 4 is 11.6 Å². The summed E-state index contributed by atoms with van der Waals surface area (Å²) in [5.74, 6) is 0.456. The van der Waals surface area contributed by atoms with Crippen LogP contribution in [0, 0.1) is 0 Å². The number of para-hydroxylation sites is 2. The molecule has 178 valence electrons. The van der Waals surface area contributed by atoms with E-state index in [1.165, 1.54) is 22.5 Å². The first kappa shape index (κ1) is 23.5. The molecule has 34 heavy (non-hydrogen) atoms. The first-order chi connectivity index (χ1) is 16.7. The van der Waals surface area contributed by atoms with Crippen molar-refractivity contribution in [1.29, 1.82) is 0 Å². The number of hydrogen-bond acceptors (Lipinski definition) is 6. The Morgan fingerprint density at radius 1 is 0.882 bits per heavy atom. The molecule has 1 amide bonds. The molecule has 0 radical (unpaired) electrons. The number of rotatable bonds is 10. The van der Waals surface area contributed by atoms with E-state index in [-0.39, 0.29) is 23.7 Å². The summed E-state index contributed by atoms with van der Waals surface area (Å²) in [6.07, 6.45) is 0.863. The zero-order valence-electron chi connectivity index (χ0n) is 19.3. The predicted octanol–water partition coefficient (Wildman–Crippen LogP) is 2.26. The van der Waals surface area contributed by atoms with Crippen LogP contribution in [0.3, 0.4) is 0 Å². The lowest BCUT2D eigenvalue weighted by Gasteiger charge is -2.36. The molecule has 3 aromatic rings. The molecular weight excluding hydrogens is 430 g/mol. The minimum Gasteiger partial charge on any atom is -0.492 e. The highest BCUT2D eigenvalue weighted by Crippen LogP contribution is 2.15. The van der Waals surface area contributed by atoms with Crippen LogP contribution in [0.5, 0.6) is 5.75 Å². The Morgan fingerprint density at radius 2 is 1.59 bits per heavy atom. The number of ether oxygens (including phenoxy) is 1. The maximum atomic E-state index is 12.5. The number of carbonyl (C=O) groups is 1. The highest BCUT2D eigenvalue weighted by Gasteiger charge is 2.17. The Balaban J connectivity index is 1.17. The lowest BCUT2D eigenvalue weighted by Crippen LogP contribution is -2.47. The van der Waals surface area contributed by atoms with Gasteiger partial charge in [0, 0.05) is 44.5 Å². The Hall–Kier alpha value is -3.65. The van der Waals surface area contributed by atoms with Crippen LogP contribution in [0.2, 0.25) is 0 Å². The maximum Gasteiger partial charge on any atom is 0.271 e. The number of carbonyl (C=O) groups excluding carboxylic acids is 1. The molecule has 0 unspecified atom stereocenters. The van der Waals surface area contributed by atoms with Crippen LogP contribution in [-0.4, -0.2) is 66.5 Å². The average molecular weight is 462 g/mol. The van der Waals surface area contributed by atoms with Gasteiger partial charge in [-0.2, -0.15) is 5.10 Å². The highest BCUT2D eigenvalue weighted by atomic mass is 16.5. The number of piperazine rings is 1. The molecule has 8 nitrogen and oxygen atoms in total. The fraction of sp³-hybridized carbons (Fsp3) is 0.346. The van der Waals surface area contributed by atoms with E-state index >= 15 is 0 Å². The van der Waals surface area contributed by atoms with E-state index < -0.39 is 0 Å². The second kappa shape index (κ2) is 12.0. The summed E-state index contributed by atoms with van der Waals surface area (Å²) in [5, 5.41) is 7.12. The van der Waals surface area contributed by atoms with Crippen molar-refractivity contribution in [3.05, 3.63) is 88.8 Å². The van der Waals surface area contributed by atoms with Gasteiger partial charge in [0.1, 0.15) is 18.1 Å². The van der Waals surface area contributed by atoms with Crippen molar-refractivity contribution < 1.29 is 9.53 Å². The van der Waals surface area contributed by atoms with E-state index in [1.807, 2.05) is 36.4 Å². The van der Waals surface area contributed by atoms with Crippen molar-refractivity contribution in [2.45, 2.75) is 13.0 Å². The number of nitrogens with zero attached hydrogens (tertiary/aromatic N) is 4. The number of aromatic nitrogens is 2. The molecule has 0 bridgehead atoms. The van der Waals surface area contributed by atoms with Gasteiger partial charge in [0.2, 0.25) is 0 Å². The van der Waals surface area contributed by atoms with Crippen molar-refractivity contribution in [3.63, 3.8) is 0 Å². The maximum absolute atomic E-state index is 12.5. The molecule has 2 aromatic carbocycles. The van der Waals surface area contributed by atoms with Gasteiger partial charge in [0.15, 0.2) is 0 Å². The van der Waals surface area contributed by atoms with E-state index in [0.717, 1.165) is 44.9 Å². The summed E-state index contributed by atoms with van der Waals surface area (Å²) in [4.78, 5) is 29.4. The zero-order valence-corrected chi connectivity index (χ0v) is 19.3. The summed E-state index contributed by atoms with van der Waals surface area (Å²) < 4.78 is 6.89. The second-order valence-corrected chi connectivity index (χ2v) is 8.22. The van der Waals surface area contributed by atoms with Gasteiger partial charge in [-0.25, -0.2) is 4.68 Å². The minimum absolute atomic E-state index is 0.232. The molecule has 0 saturated carbocycles. The van der Waals surface area contributed by atoms with Gasteiger partial charge in [-0.1, -0.05) is 36.4 Å². The van der Waals surface area contributed by atoms with Crippen molar-refractivity contribution in [3.8, 4) is 5.75 Å². The third kappa shape index (κ3) is 6.68. The third-order valence-corrected chi connectivity index (χ3v) is 5.84. The van der Waals surface area contributed by atoms with E-state index in [0.29, 0.717) is 13.2 Å². The smallest absolute Gasteiger partial charge is 0.271 e. The monoisotopic (exact) mass is 461 g/mol. The van der Waals surface area contributed by atoms with Gasteiger partial charge in [-0.3, -0.25) is 14.5 Å². The van der Waals surface area contributed by atoms with Gasteiger partial charge in [-0.05, 0) is 43.3 Å². The molecule has 1 aliphatic heterocycles. The lowest BCUT2D eigenvalue weighted by atomic mass is 10.2. The molecule has 2 heterocycles. The van der Waals surface area contributed by atoms with Gasteiger partial charge >= 0.3 is 0 Å². The van der Waals surface area contributed by atoms with Crippen LogP contribution >= 0.6 is 0 Å². The number of nitrogens with one attached hydrogen (secondary N) is 1. The van der Waals surface area contributed by atoms with E-state index in [4.69, 9.17) is 4.74 Å². The van der Waals surface area contributed by atoms with Crippen LogP contribution in [0.25, 0.3) is 0 Å². The Labute approximate surface area is 199 Å². The average Bonchev–Trinajstić information content (AvgIpc) is 2.89. The molecule has 4 rings (SSSR count). The van der Waals surface area contributed by atoms with Crippen LogP contribution in [0.1, 0.15) is 16.9 Å². The van der Waals surface area contributed by atoms with Gasteiger partial charge < -0.3 is 15.0 Å². The quantitative estimate of drug-likeness (QED) is 0.467. The van der Waals surface area contributed by atoms with Crippen LogP contribution < -0.4 is 20.5 Å².